The van der Waals surface area contributed by atoms with Crippen LogP contribution in [0.25, 0.3) is 16.0 Å². The molecule has 0 fully saturated rings. The Hall–Kier alpha value is -3.17. The fourth-order valence-corrected chi connectivity index (χ4v) is 5.24. The molecule has 9 heteroatoms. The summed E-state index contributed by atoms with van der Waals surface area (Å²) in [6, 6.07) is 13.0. The van der Waals surface area contributed by atoms with Crippen LogP contribution in [0.4, 0.5) is 5.69 Å². The fraction of sp³-hybridized carbons (Fsp3) is 0.250. The van der Waals surface area contributed by atoms with E-state index in [1.165, 1.54) is 27.7 Å². The first-order chi connectivity index (χ1) is 15.8. The second-order valence-electron chi connectivity index (χ2n) is 7.79. The summed E-state index contributed by atoms with van der Waals surface area (Å²) in [6.45, 7) is 5.69. The highest BCUT2D eigenvalue weighted by atomic mass is 32.2. The van der Waals surface area contributed by atoms with E-state index in [0.29, 0.717) is 20.4 Å². The van der Waals surface area contributed by atoms with Crippen LogP contribution < -0.4 is 16.6 Å². The van der Waals surface area contributed by atoms with Crippen molar-refractivity contribution in [2.24, 2.45) is 0 Å². The summed E-state index contributed by atoms with van der Waals surface area (Å²) in [5, 5.41) is 2.86. The molecular formula is C24H24N4O3S2. The molecule has 0 unspecified atom stereocenters. The van der Waals surface area contributed by atoms with Crippen LogP contribution in [-0.2, 0) is 17.8 Å². The molecule has 0 aliphatic carbocycles. The van der Waals surface area contributed by atoms with Gasteiger partial charge >= 0.3 is 5.69 Å². The van der Waals surface area contributed by atoms with E-state index in [-0.39, 0.29) is 18.1 Å². The zero-order valence-electron chi connectivity index (χ0n) is 18.8. The van der Waals surface area contributed by atoms with E-state index >= 15 is 0 Å². The van der Waals surface area contributed by atoms with Gasteiger partial charge in [-0.3, -0.25) is 14.2 Å². The number of thioether (sulfide) groups is 1. The number of aryl methyl sites for hydroxylation is 3. The monoisotopic (exact) mass is 480 g/mol. The minimum Gasteiger partial charge on any atom is -0.325 e. The maximum atomic E-state index is 13.5. The molecule has 33 heavy (non-hydrogen) atoms. The van der Waals surface area contributed by atoms with Gasteiger partial charge in [0, 0.05) is 5.69 Å². The SMILES string of the molecule is CCc1ccc(-n2c(=O)c3sc(SC)nc3n(CC(=O)Nc3cc(C)cc(C)c3)c2=O)cc1. The van der Waals surface area contributed by atoms with Crippen molar-refractivity contribution in [1.82, 2.24) is 14.1 Å². The normalized spacial score (nSPS) is 11.2. The van der Waals surface area contributed by atoms with Crippen molar-refractivity contribution in [1.29, 1.82) is 0 Å². The lowest BCUT2D eigenvalue weighted by molar-refractivity contribution is -0.116. The van der Waals surface area contributed by atoms with Crippen molar-refractivity contribution in [3.05, 3.63) is 80.0 Å². The number of hydrogen-bond donors (Lipinski definition) is 1. The van der Waals surface area contributed by atoms with Crippen molar-refractivity contribution >= 4 is 45.0 Å². The zero-order valence-corrected chi connectivity index (χ0v) is 20.5. The highest BCUT2D eigenvalue weighted by molar-refractivity contribution is 8.00. The number of amides is 1. The highest BCUT2D eigenvalue weighted by Crippen LogP contribution is 2.25. The molecule has 0 aliphatic rings. The smallest absolute Gasteiger partial charge is 0.325 e. The number of nitrogens with zero attached hydrogens (tertiary/aromatic N) is 3. The standard InChI is InChI=1S/C24H24N4O3S2/c1-5-16-6-8-18(9-7-16)28-22(30)20-21(26-23(32-4)33-20)27(24(28)31)13-19(29)25-17-11-14(2)10-15(3)12-17/h6-12H,5,13H2,1-4H3,(H,25,29). The van der Waals surface area contributed by atoms with Crippen LogP contribution in [0, 0.1) is 13.8 Å². The first-order valence-corrected chi connectivity index (χ1v) is 12.5. The summed E-state index contributed by atoms with van der Waals surface area (Å²) >= 11 is 2.62. The van der Waals surface area contributed by atoms with Crippen molar-refractivity contribution < 1.29 is 4.79 Å². The fourth-order valence-electron chi connectivity index (χ4n) is 3.74. The Morgan fingerprint density at radius 3 is 2.36 bits per heavy atom. The van der Waals surface area contributed by atoms with E-state index in [4.69, 9.17) is 0 Å². The number of rotatable bonds is 6. The summed E-state index contributed by atoms with van der Waals surface area (Å²) < 4.78 is 3.40. The second-order valence-corrected chi connectivity index (χ2v) is 9.84. The summed E-state index contributed by atoms with van der Waals surface area (Å²) in [5.41, 5.74) is 3.49. The molecular weight excluding hydrogens is 456 g/mol. The minimum atomic E-state index is -0.592. The largest absolute Gasteiger partial charge is 0.337 e. The van der Waals surface area contributed by atoms with Crippen LogP contribution in [-0.4, -0.2) is 26.3 Å². The average molecular weight is 481 g/mol. The summed E-state index contributed by atoms with van der Waals surface area (Å²) in [7, 11) is 0. The van der Waals surface area contributed by atoms with Crippen molar-refractivity contribution in [2.45, 2.75) is 38.1 Å². The van der Waals surface area contributed by atoms with E-state index < -0.39 is 11.2 Å². The van der Waals surface area contributed by atoms with Gasteiger partial charge in [-0.25, -0.2) is 14.3 Å². The van der Waals surface area contributed by atoms with E-state index in [9.17, 15) is 14.4 Å². The first kappa shape index (κ1) is 23.0. The molecule has 4 rings (SSSR count). The molecule has 170 valence electrons. The average Bonchev–Trinajstić information content (AvgIpc) is 3.21. The quantitative estimate of drug-likeness (QED) is 0.419. The Bertz CT molecular complexity index is 1450. The topological polar surface area (TPSA) is 86.0 Å². The number of carbonyl (C=O) groups is 1. The number of carbonyl (C=O) groups excluding carboxylic acids is 1. The molecule has 4 aromatic rings. The Morgan fingerprint density at radius 2 is 1.76 bits per heavy atom. The molecule has 1 N–H and O–H groups in total. The zero-order chi connectivity index (χ0) is 23.7. The molecule has 0 radical (unpaired) electrons. The van der Waals surface area contributed by atoms with Crippen molar-refractivity contribution in [2.75, 3.05) is 11.6 Å². The molecule has 0 saturated carbocycles. The van der Waals surface area contributed by atoms with Gasteiger partial charge in [-0.05, 0) is 67.5 Å². The summed E-state index contributed by atoms with van der Waals surface area (Å²) in [4.78, 5) is 44.1. The molecule has 0 atom stereocenters. The van der Waals surface area contributed by atoms with E-state index in [1.54, 1.807) is 12.1 Å². The van der Waals surface area contributed by atoms with Gasteiger partial charge in [-0.15, -0.1) is 11.3 Å². The highest BCUT2D eigenvalue weighted by Gasteiger charge is 2.20. The predicted octanol–water partition coefficient (Wildman–Crippen LogP) is 4.15. The lowest BCUT2D eigenvalue weighted by Crippen LogP contribution is -2.40. The molecule has 7 nitrogen and oxygen atoms in total. The van der Waals surface area contributed by atoms with E-state index in [1.807, 2.05) is 57.4 Å². The molecule has 0 saturated heterocycles. The number of thiazole rings is 1. The maximum absolute atomic E-state index is 13.5. The third kappa shape index (κ3) is 4.65. The van der Waals surface area contributed by atoms with Crippen LogP contribution in [0.2, 0.25) is 0 Å². The number of aromatic nitrogens is 3. The third-order valence-corrected chi connectivity index (χ3v) is 7.27. The lowest BCUT2D eigenvalue weighted by atomic mass is 10.1. The Morgan fingerprint density at radius 1 is 1.09 bits per heavy atom. The van der Waals surface area contributed by atoms with Crippen LogP contribution in [0.5, 0.6) is 0 Å². The van der Waals surface area contributed by atoms with Gasteiger partial charge < -0.3 is 5.32 Å². The molecule has 0 bridgehead atoms. The second kappa shape index (κ2) is 9.36. The van der Waals surface area contributed by atoms with Crippen LogP contribution in [0.3, 0.4) is 0 Å². The van der Waals surface area contributed by atoms with Crippen molar-refractivity contribution in [3.8, 4) is 5.69 Å². The van der Waals surface area contributed by atoms with Crippen LogP contribution >= 0.6 is 23.1 Å². The van der Waals surface area contributed by atoms with Gasteiger partial charge in [0.25, 0.3) is 5.56 Å². The van der Waals surface area contributed by atoms with Gasteiger partial charge in [-0.2, -0.15) is 0 Å². The summed E-state index contributed by atoms with van der Waals surface area (Å²) in [6.07, 6.45) is 2.71. The van der Waals surface area contributed by atoms with Gasteiger partial charge in [0.15, 0.2) is 9.99 Å². The Balaban J connectivity index is 1.82. The van der Waals surface area contributed by atoms with E-state index in [0.717, 1.165) is 27.7 Å². The Kier molecular flexibility index (Phi) is 6.53. The number of fused-ring (bicyclic) bond motifs is 1. The number of benzene rings is 2. The van der Waals surface area contributed by atoms with Gasteiger partial charge in [-0.1, -0.05) is 36.9 Å². The van der Waals surface area contributed by atoms with Crippen molar-refractivity contribution in [3.63, 3.8) is 0 Å². The number of anilines is 1. The van der Waals surface area contributed by atoms with E-state index in [2.05, 4.69) is 10.3 Å². The number of nitrogens with one attached hydrogen (secondary N) is 1. The van der Waals surface area contributed by atoms with Crippen LogP contribution in [0.15, 0.2) is 56.4 Å². The van der Waals surface area contributed by atoms with Gasteiger partial charge in [0.1, 0.15) is 11.2 Å². The first-order valence-electron chi connectivity index (χ1n) is 10.5. The molecule has 2 aromatic carbocycles. The van der Waals surface area contributed by atoms with Crippen LogP contribution in [0.1, 0.15) is 23.6 Å². The lowest BCUT2D eigenvalue weighted by Gasteiger charge is -2.12. The molecule has 2 heterocycles. The Labute approximate surface area is 199 Å². The molecule has 0 spiro atoms. The summed E-state index contributed by atoms with van der Waals surface area (Å²) in [5.74, 6) is -0.367. The van der Waals surface area contributed by atoms with Gasteiger partial charge in [0.05, 0.1) is 5.69 Å². The van der Waals surface area contributed by atoms with Gasteiger partial charge in [0.2, 0.25) is 5.91 Å². The predicted molar refractivity (Wildman–Crippen MR) is 135 cm³/mol. The maximum Gasteiger partial charge on any atom is 0.337 e. The number of hydrogen-bond acceptors (Lipinski definition) is 6. The molecule has 1 amide bonds. The molecule has 2 aromatic heterocycles. The molecule has 0 aliphatic heterocycles. The third-order valence-electron chi connectivity index (χ3n) is 5.25. The minimum absolute atomic E-state index is 0.233.